The van der Waals surface area contributed by atoms with Crippen molar-refractivity contribution in [2.45, 2.75) is 39.5 Å². The quantitative estimate of drug-likeness (QED) is 0.881. The number of rotatable bonds is 4. The molecule has 0 amide bonds. The molecule has 0 saturated heterocycles. The van der Waals surface area contributed by atoms with E-state index in [1.54, 1.807) is 6.92 Å². The number of nitrogens with zero attached hydrogens (tertiary/aromatic N) is 1. The molecule has 3 heteroatoms. The Morgan fingerprint density at radius 2 is 2.00 bits per heavy atom. The molecule has 1 atom stereocenters. The summed E-state index contributed by atoms with van der Waals surface area (Å²) in [6.07, 6.45) is 1.81. The molecule has 0 radical (unpaired) electrons. The van der Waals surface area contributed by atoms with Crippen LogP contribution in [0.2, 0.25) is 0 Å². The Morgan fingerprint density at radius 1 is 1.24 bits per heavy atom. The summed E-state index contributed by atoms with van der Waals surface area (Å²) in [7, 11) is 0. The van der Waals surface area contributed by atoms with Crippen LogP contribution >= 0.6 is 0 Å². The number of aliphatic hydroxyl groups is 1. The maximum Gasteiger partial charge on any atom is 0.129 e. The number of aromatic nitrogens is 1. The number of fused-ring (bicyclic) bond motifs is 1. The summed E-state index contributed by atoms with van der Waals surface area (Å²) in [6.45, 7) is 6.44. The van der Waals surface area contributed by atoms with Gasteiger partial charge in [-0.05, 0) is 39.0 Å². The van der Waals surface area contributed by atoms with Crippen LogP contribution in [0.25, 0.3) is 10.9 Å². The van der Waals surface area contributed by atoms with Crippen LogP contribution in [0.1, 0.15) is 20.8 Å². The first-order valence-corrected chi connectivity index (χ1v) is 6.00. The van der Waals surface area contributed by atoms with E-state index in [4.69, 9.17) is 4.74 Å². The molecule has 0 saturated carbocycles. The molecule has 1 aromatic heterocycles. The zero-order valence-electron chi connectivity index (χ0n) is 10.6. The monoisotopic (exact) mass is 233 g/mol. The van der Waals surface area contributed by atoms with Crippen molar-refractivity contribution in [1.29, 1.82) is 0 Å². The molecule has 17 heavy (non-hydrogen) atoms. The van der Waals surface area contributed by atoms with Gasteiger partial charge in [-0.2, -0.15) is 0 Å². The fourth-order valence-corrected chi connectivity index (χ4v) is 2.00. The summed E-state index contributed by atoms with van der Waals surface area (Å²) in [4.78, 5) is 0. The van der Waals surface area contributed by atoms with Crippen molar-refractivity contribution in [3.63, 3.8) is 0 Å². The van der Waals surface area contributed by atoms with E-state index < -0.39 is 0 Å². The Balaban J connectivity index is 2.41. The Labute approximate surface area is 102 Å². The summed E-state index contributed by atoms with van der Waals surface area (Å²) in [5.74, 6) is 0.904. The second-order valence-corrected chi connectivity index (χ2v) is 4.67. The number of hydrogen-bond acceptors (Lipinski definition) is 2. The first-order chi connectivity index (χ1) is 8.08. The molecule has 0 aliphatic rings. The molecule has 1 heterocycles. The largest absolute Gasteiger partial charge is 0.490 e. The molecule has 0 bridgehead atoms. The minimum atomic E-state index is -0.347. The normalized spacial score (nSPS) is 13.2. The lowest BCUT2D eigenvalue weighted by Crippen LogP contribution is -2.10. The average Bonchev–Trinajstić information content (AvgIpc) is 2.61. The molecule has 0 fully saturated rings. The third-order valence-corrected chi connectivity index (χ3v) is 2.60. The van der Waals surface area contributed by atoms with Gasteiger partial charge in [-0.3, -0.25) is 0 Å². The van der Waals surface area contributed by atoms with Crippen LogP contribution in [0.5, 0.6) is 5.75 Å². The molecule has 3 nitrogen and oxygen atoms in total. The zero-order chi connectivity index (χ0) is 12.4. The van der Waals surface area contributed by atoms with Crippen molar-refractivity contribution < 1.29 is 9.84 Å². The van der Waals surface area contributed by atoms with Crippen LogP contribution in [0.15, 0.2) is 30.5 Å². The highest BCUT2D eigenvalue weighted by molar-refractivity contribution is 5.86. The lowest BCUT2D eigenvalue weighted by Gasteiger charge is -2.12. The molecular formula is C14H19NO2. The molecule has 1 unspecified atom stereocenters. The van der Waals surface area contributed by atoms with Gasteiger partial charge in [0, 0.05) is 18.1 Å². The van der Waals surface area contributed by atoms with E-state index in [-0.39, 0.29) is 12.2 Å². The van der Waals surface area contributed by atoms with E-state index in [1.165, 1.54) is 0 Å². The Hall–Kier alpha value is -1.48. The third-order valence-electron chi connectivity index (χ3n) is 2.60. The Kier molecular flexibility index (Phi) is 3.38. The molecule has 2 rings (SSSR count). The molecule has 0 aliphatic heterocycles. The van der Waals surface area contributed by atoms with Gasteiger partial charge in [0.1, 0.15) is 5.75 Å². The van der Waals surface area contributed by atoms with Crippen molar-refractivity contribution >= 4 is 10.9 Å². The molecular weight excluding hydrogens is 214 g/mol. The molecule has 0 spiro atoms. The fourth-order valence-electron chi connectivity index (χ4n) is 2.00. The van der Waals surface area contributed by atoms with Gasteiger partial charge in [0.05, 0.1) is 17.7 Å². The lowest BCUT2D eigenvalue weighted by molar-refractivity contribution is 0.175. The van der Waals surface area contributed by atoms with Crippen LogP contribution < -0.4 is 4.74 Å². The first-order valence-electron chi connectivity index (χ1n) is 6.00. The SMILES string of the molecule is CC(O)Cn1ccc2c(OC(C)C)cccc21. The van der Waals surface area contributed by atoms with E-state index in [0.29, 0.717) is 6.54 Å². The Bertz CT molecular complexity index is 500. The number of ether oxygens (including phenoxy) is 1. The summed E-state index contributed by atoms with van der Waals surface area (Å²) >= 11 is 0. The van der Waals surface area contributed by atoms with Gasteiger partial charge >= 0.3 is 0 Å². The van der Waals surface area contributed by atoms with Crippen molar-refractivity contribution in [3.05, 3.63) is 30.5 Å². The summed E-state index contributed by atoms with van der Waals surface area (Å²) in [5.41, 5.74) is 1.10. The van der Waals surface area contributed by atoms with Crippen molar-refractivity contribution in [1.82, 2.24) is 4.57 Å². The lowest BCUT2D eigenvalue weighted by atomic mass is 10.2. The second kappa shape index (κ2) is 4.80. The topological polar surface area (TPSA) is 34.4 Å². The first kappa shape index (κ1) is 12.0. The smallest absolute Gasteiger partial charge is 0.129 e. The van der Waals surface area contributed by atoms with Gasteiger partial charge in [0.15, 0.2) is 0 Å². The fraction of sp³-hybridized carbons (Fsp3) is 0.429. The second-order valence-electron chi connectivity index (χ2n) is 4.67. The zero-order valence-corrected chi connectivity index (χ0v) is 10.6. The average molecular weight is 233 g/mol. The van der Waals surface area contributed by atoms with E-state index >= 15 is 0 Å². The molecule has 2 aromatic rings. The number of hydrogen-bond donors (Lipinski definition) is 1. The van der Waals surface area contributed by atoms with Gasteiger partial charge in [-0.15, -0.1) is 0 Å². The van der Waals surface area contributed by atoms with Gasteiger partial charge < -0.3 is 14.4 Å². The summed E-state index contributed by atoms with van der Waals surface area (Å²) in [5, 5.41) is 10.5. The number of benzene rings is 1. The minimum absolute atomic E-state index is 0.167. The van der Waals surface area contributed by atoms with Crippen LogP contribution in [0, 0.1) is 0 Å². The van der Waals surface area contributed by atoms with Gasteiger partial charge in [-0.25, -0.2) is 0 Å². The minimum Gasteiger partial charge on any atom is -0.490 e. The van der Waals surface area contributed by atoms with Crippen molar-refractivity contribution in [2.75, 3.05) is 0 Å². The van der Waals surface area contributed by atoms with Crippen LogP contribution in [0.4, 0.5) is 0 Å². The van der Waals surface area contributed by atoms with Gasteiger partial charge in [0.25, 0.3) is 0 Å². The Morgan fingerprint density at radius 3 is 2.65 bits per heavy atom. The highest BCUT2D eigenvalue weighted by Gasteiger charge is 2.08. The van der Waals surface area contributed by atoms with Crippen molar-refractivity contribution in [3.8, 4) is 5.75 Å². The van der Waals surface area contributed by atoms with Gasteiger partial charge in [0.2, 0.25) is 0 Å². The molecule has 92 valence electrons. The molecule has 1 aromatic carbocycles. The number of aliphatic hydroxyl groups excluding tert-OH is 1. The molecule has 1 N–H and O–H groups in total. The highest BCUT2D eigenvalue weighted by Crippen LogP contribution is 2.27. The standard InChI is InChI=1S/C14H19NO2/c1-10(2)17-14-6-4-5-13-12(14)7-8-15(13)9-11(3)16/h4-8,10-11,16H,9H2,1-3H3. The summed E-state index contributed by atoms with van der Waals surface area (Å²) in [6, 6.07) is 8.05. The van der Waals surface area contributed by atoms with E-state index in [0.717, 1.165) is 16.7 Å². The molecule has 0 aliphatic carbocycles. The third kappa shape index (κ3) is 2.61. The summed E-state index contributed by atoms with van der Waals surface area (Å²) < 4.78 is 7.82. The highest BCUT2D eigenvalue weighted by atomic mass is 16.5. The predicted octanol–water partition coefficient (Wildman–Crippen LogP) is 2.81. The van der Waals surface area contributed by atoms with Crippen LogP contribution in [-0.2, 0) is 6.54 Å². The maximum absolute atomic E-state index is 9.45. The van der Waals surface area contributed by atoms with Crippen molar-refractivity contribution in [2.24, 2.45) is 0 Å². The van der Waals surface area contributed by atoms with E-state index in [2.05, 4.69) is 0 Å². The van der Waals surface area contributed by atoms with E-state index in [1.807, 2.05) is 48.9 Å². The van der Waals surface area contributed by atoms with Crippen LogP contribution in [-0.4, -0.2) is 21.9 Å². The maximum atomic E-state index is 9.45. The van der Waals surface area contributed by atoms with E-state index in [9.17, 15) is 5.11 Å². The predicted molar refractivity (Wildman–Crippen MR) is 69.4 cm³/mol. The van der Waals surface area contributed by atoms with Gasteiger partial charge in [-0.1, -0.05) is 6.07 Å². The van der Waals surface area contributed by atoms with Crippen LogP contribution in [0.3, 0.4) is 0 Å².